The van der Waals surface area contributed by atoms with Crippen LogP contribution in [0.15, 0.2) is 11.6 Å². The van der Waals surface area contributed by atoms with Crippen LogP contribution in [0.25, 0.3) is 0 Å². The van der Waals surface area contributed by atoms with Crippen LogP contribution in [0.5, 0.6) is 0 Å². The summed E-state index contributed by atoms with van der Waals surface area (Å²) in [6, 6.07) is 0. The molecular formula is C22H35I. The van der Waals surface area contributed by atoms with Crippen LogP contribution in [-0.2, 0) is 0 Å². The van der Waals surface area contributed by atoms with Crippen molar-refractivity contribution >= 4 is 22.6 Å². The number of hydrogen-bond donors (Lipinski definition) is 0. The second-order valence-electron chi connectivity index (χ2n) is 9.83. The molecule has 7 atom stereocenters. The maximum absolute atomic E-state index is 2.72. The Kier molecular flexibility index (Phi) is 4.43. The monoisotopic (exact) mass is 426 g/mol. The smallest absolute Gasteiger partial charge is 0.00239 e. The van der Waals surface area contributed by atoms with Crippen molar-refractivity contribution in [3.63, 3.8) is 0 Å². The van der Waals surface area contributed by atoms with Gasteiger partial charge in [-0.25, -0.2) is 0 Å². The summed E-state index contributed by atoms with van der Waals surface area (Å²) in [4.78, 5) is 0. The number of halogens is 1. The first-order chi connectivity index (χ1) is 11.0. The Morgan fingerprint density at radius 2 is 1.96 bits per heavy atom. The van der Waals surface area contributed by atoms with Crippen LogP contribution in [0.1, 0.15) is 78.6 Å². The second kappa shape index (κ2) is 6.02. The highest BCUT2D eigenvalue weighted by molar-refractivity contribution is 14.1. The fourth-order valence-electron chi connectivity index (χ4n) is 7.78. The SMILES string of the molecule is CC(CI)[C@H]1CC[C@H]2[C@@H]3CC=C4CCCC[C@]4(C)[C@H]3CC[C@]12C. The topological polar surface area (TPSA) is 0 Å². The molecule has 0 aromatic heterocycles. The van der Waals surface area contributed by atoms with Gasteiger partial charge < -0.3 is 0 Å². The summed E-state index contributed by atoms with van der Waals surface area (Å²) in [7, 11) is 0. The van der Waals surface area contributed by atoms with Gasteiger partial charge in [0.15, 0.2) is 0 Å². The fraction of sp³-hybridized carbons (Fsp3) is 0.909. The van der Waals surface area contributed by atoms with Gasteiger partial charge in [-0.05, 0) is 91.8 Å². The zero-order valence-electron chi connectivity index (χ0n) is 15.4. The van der Waals surface area contributed by atoms with Gasteiger partial charge in [-0.1, -0.05) is 61.4 Å². The van der Waals surface area contributed by atoms with E-state index in [1.54, 1.807) is 0 Å². The number of rotatable bonds is 2. The first kappa shape index (κ1) is 16.9. The van der Waals surface area contributed by atoms with Gasteiger partial charge >= 0.3 is 0 Å². The zero-order chi connectivity index (χ0) is 16.2. The van der Waals surface area contributed by atoms with Crippen molar-refractivity contribution in [1.82, 2.24) is 0 Å². The molecule has 4 aliphatic rings. The number of fused-ring (bicyclic) bond motifs is 5. The summed E-state index contributed by atoms with van der Waals surface area (Å²) >= 11 is 2.63. The Labute approximate surface area is 157 Å². The molecule has 130 valence electrons. The quantitative estimate of drug-likeness (QED) is 0.253. The molecule has 3 fully saturated rings. The van der Waals surface area contributed by atoms with Gasteiger partial charge in [-0.15, -0.1) is 0 Å². The molecule has 23 heavy (non-hydrogen) atoms. The average molecular weight is 426 g/mol. The van der Waals surface area contributed by atoms with E-state index in [-0.39, 0.29) is 0 Å². The third-order valence-corrected chi connectivity index (χ3v) is 10.4. The van der Waals surface area contributed by atoms with E-state index in [0.29, 0.717) is 10.8 Å². The molecule has 0 aromatic carbocycles. The lowest BCUT2D eigenvalue weighted by Crippen LogP contribution is -2.50. The number of alkyl halides is 1. The fourth-order valence-corrected chi connectivity index (χ4v) is 8.39. The number of hydrogen-bond acceptors (Lipinski definition) is 0. The van der Waals surface area contributed by atoms with E-state index in [9.17, 15) is 0 Å². The highest BCUT2D eigenvalue weighted by atomic mass is 127. The summed E-state index contributed by atoms with van der Waals surface area (Å²) in [5.41, 5.74) is 3.10. The van der Waals surface area contributed by atoms with Gasteiger partial charge in [0, 0.05) is 4.43 Å². The lowest BCUT2D eigenvalue weighted by Gasteiger charge is -2.58. The summed E-state index contributed by atoms with van der Waals surface area (Å²) < 4.78 is 1.35. The van der Waals surface area contributed by atoms with E-state index >= 15 is 0 Å². The Bertz CT molecular complexity index is 494. The van der Waals surface area contributed by atoms with Gasteiger partial charge in [0.25, 0.3) is 0 Å². The van der Waals surface area contributed by atoms with Crippen LogP contribution in [0.4, 0.5) is 0 Å². The third kappa shape index (κ3) is 2.41. The van der Waals surface area contributed by atoms with E-state index in [4.69, 9.17) is 0 Å². The zero-order valence-corrected chi connectivity index (χ0v) is 17.6. The standard InChI is InChI=1S/C22H35I/c1-15(14-23)18-9-10-19-17-8-7-16-6-4-5-12-21(16,2)20(17)11-13-22(18,19)3/h7,15,17-20H,4-6,8-14H2,1-3H3/t15?,17-,18+,19-,20-,21-,22+/m0/s1. The largest absolute Gasteiger partial charge is 0.0861 e. The van der Waals surface area contributed by atoms with Crippen molar-refractivity contribution in [2.45, 2.75) is 78.6 Å². The first-order valence-electron chi connectivity index (χ1n) is 10.3. The Balaban J connectivity index is 1.64. The van der Waals surface area contributed by atoms with Crippen molar-refractivity contribution in [1.29, 1.82) is 0 Å². The van der Waals surface area contributed by atoms with Gasteiger partial charge in [-0.3, -0.25) is 0 Å². The van der Waals surface area contributed by atoms with Crippen molar-refractivity contribution in [3.05, 3.63) is 11.6 Å². The third-order valence-electron chi connectivity index (χ3n) is 9.02. The van der Waals surface area contributed by atoms with Gasteiger partial charge in [0.2, 0.25) is 0 Å². The normalized spacial score (nSPS) is 50.5. The van der Waals surface area contributed by atoms with Crippen LogP contribution in [0.2, 0.25) is 0 Å². The molecule has 0 radical (unpaired) electrons. The van der Waals surface area contributed by atoms with Gasteiger partial charge in [0.1, 0.15) is 0 Å². The Hall–Kier alpha value is 0.470. The van der Waals surface area contributed by atoms with Crippen molar-refractivity contribution in [3.8, 4) is 0 Å². The summed E-state index contributed by atoms with van der Waals surface area (Å²) in [6.45, 7) is 7.87. The second-order valence-corrected chi connectivity index (χ2v) is 10.7. The molecule has 1 heteroatoms. The molecule has 0 aromatic rings. The highest BCUT2D eigenvalue weighted by Gasteiger charge is 2.58. The van der Waals surface area contributed by atoms with Crippen molar-refractivity contribution in [2.24, 2.45) is 40.4 Å². The molecule has 0 nitrogen and oxygen atoms in total. The summed E-state index contributed by atoms with van der Waals surface area (Å²) in [6.07, 6.45) is 16.1. The van der Waals surface area contributed by atoms with Crippen LogP contribution in [0, 0.1) is 40.4 Å². The molecule has 4 aliphatic carbocycles. The molecule has 0 spiro atoms. The van der Waals surface area contributed by atoms with Crippen molar-refractivity contribution < 1.29 is 0 Å². The van der Waals surface area contributed by atoms with Crippen LogP contribution in [-0.4, -0.2) is 4.43 Å². The lowest BCUT2D eigenvalue weighted by molar-refractivity contribution is -0.0475. The maximum atomic E-state index is 2.72. The molecule has 4 rings (SSSR count). The predicted molar refractivity (Wildman–Crippen MR) is 108 cm³/mol. The molecule has 0 saturated heterocycles. The minimum atomic E-state index is 0.579. The molecule has 0 bridgehead atoms. The molecular weight excluding hydrogens is 391 g/mol. The van der Waals surface area contributed by atoms with E-state index in [1.807, 2.05) is 5.57 Å². The van der Waals surface area contributed by atoms with Crippen LogP contribution in [0.3, 0.4) is 0 Å². The Morgan fingerprint density at radius 3 is 2.74 bits per heavy atom. The minimum absolute atomic E-state index is 0.579. The highest BCUT2D eigenvalue weighted by Crippen LogP contribution is 2.67. The summed E-state index contributed by atoms with van der Waals surface area (Å²) in [5, 5.41) is 0. The number of allylic oxidation sites excluding steroid dienone is 2. The van der Waals surface area contributed by atoms with E-state index in [2.05, 4.69) is 49.4 Å². The van der Waals surface area contributed by atoms with Gasteiger partial charge in [0.05, 0.1) is 0 Å². The molecule has 0 aliphatic heterocycles. The van der Waals surface area contributed by atoms with Crippen LogP contribution >= 0.6 is 22.6 Å². The molecule has 3 saturated carbocycles. The minimum Gasteiger partial charge on any atom is -0.0861 e. The Morgan fingerprint density at radius 1 is 1.13 bits per heavy atom. The van der Waals surface area contributed by atoms with E-state index in [0.717, 1.165) is 29.6 Å². The molecule has 0 amide bonds. The van der Waals surface area contributed by atoms with Crippen molar-refractivity contribution in [2.75, 3.05) is 4.43 Å². The molecule has 0 N–H and O–H groups in total. The average Bonchev–Trinajstić information content (AvgIpc) is 2.91. The molecule has 0 heterocycles. The van der Waals surface area contributed by atoms with Crippen LogP contribution < -0.4 is 0 Å². The van der Waals surface area contributed by atoms with E-state index in [1.165, 1.54) is 62.2 Å². The lowest BCUT2D eigenvalue weighted by atomic mass is 9.47. The summed E-state index contributed by atoms with van der Waals surface area (Å²) in [5.74, 6) is 4.95. The maximum Gasteiger partial charge on any atom is 0.00239 e. The van der Waals surface area contributed by atoms with Gasteiger partial charge in [-0.2, -0.15) is 0 Å². The first-order valence-corrected chi connectivity index (χ1v) is 11.8. The van der Waals surface area contributed by atoms with E-state index < -0.39 is 0 Å². The predicted octanol–water partition coefficient (Wildman–Crippen LogP) is 7.03. The molecule has 1 unspecified atom stereocenters.